The Morgan fingerprint density at radius 2 is 1.01 bits per heavy atom. The van der Waals surface area contributed by atoms with E-state index in [4.69, 9.17) is 15.2 Å². The predicted octanol–water partition coefficient (Wildman–Crippen LogP) is 5.64. The van der Waals surface area contributed by atoms with E-state index in [1.807, 2.05) is 82.2 Å². The molecular weight excluding hydrogens is 1020 g/mol. The first-order valence-electron chi connectivity index (χ1n) is 26.4. The van der Waals surface area contributed by atoms with Gasteiger partial charge in [0.25, 0.3) is 0 Å². The number of anilines is 6. The van der Waals surface area contributed by atoms with Gasteiger partial charge in [0.1, 0.15) is 23.8 Å². The Morgan fingerprint density at radius 3 is 1.39 bits per heavy atom. The highest BCUT2D eigenvalue weighted by Gasteiger charge is 2.35. The van der Waals surface area contributed by atoms with Crippen molar-refractivity contribution in [3.05, 3.63) is 108 Å². The number of piperazine rings is 2. The first-order chi connectivity index (χ1) is 37.4. The number of hydrogen-bond acceptors (Lipinski definition) is 13. The van der Waals surface area contributed by atoms with E-state index in [2.05, 4.69) is 16.0 Å². The highest BCUT2D eigenvalue weighted by atomic mass is 19.1. The van der Waals surface area contributed by atoms with Gasteiger partial charge in [-0.2, -0.15) is 0 Å². The zero-order valence-corrected chi connectivity index (χ0v) is 44.8. The zero-order chi connectivity index (χ0) is 55.9. The summed E-state index contributed by atoms with van der Waals surface area (Å²) in [7, 11) is 3.68. The van der Waals surface area contributed by atoms with Crippen molar-refractivity contribution in [2.24, 2.45) is 0 Å². The Labute approximate surface area is 461 Å². The van der Waals surface area contributed by atoms with Crippen molar-refractivity contribution in [2.45, 2.75) is 72.0 Å². The Hall–Kier alpha value is -8.01. The van der Waals surface area contributed by atoms with Gasteiger partial charge in [0.15, 0.2) is 0 Å². The van der Waals surface area contributed by atoms with E-state index in [0.29, 0.717) is 101 Å². The van der Waals surface area contributed by atoms with Crippen LogP contribution in [0.1, 0.15) is 58.1 Å². The van der Waals surface area contributed by atoms with Crippen molar-refractivity contribution in [3.8, 4) is 0 Å². The minimum absolute atomic E-state index is 0. The van der Waals surface area contributed by atoms with Gasteiger partial charge in [0.05, 0.1) is 55.5 Å². The van der Waals surface area contributed by atoms with Crippen LogP contribution in [0.3, 0.4) is 0 Å². The third kappa shape index (κ3) is 17.5. The standard InChI is InChI=1S/C30H39FN6O5.C26H32FN5O4.CH4/c1-21(38)32-18-25-19-37(30(41)42-25)24-11-12-27(26(31)17-24)35-13-15-36(16-14-35)29(40)6-4-5-22-7-9-23(10-8-22)33-28(39)20-34(2)3;1-18(33)29-16-22-17-32(26(35)36-22)21-9-10-24(23(27)15-21)30-11-13-31(14-12-30)25(34)4-2-3-19-5-7-20(28)8-6-19;/h7-12,17,25H,4-6,13-16,18-20H2,1-3H3,(H,32,38)(H,33,39);5-10,15,22H,2-4,11-14,16-17,28H2,1H3,(H,29,33);1H4/t25-;22-;/m00./s1. The Morgan fingerprint density at radius 1 is 0.608 bits per heavy atom. The molecule has 4 fully saturated rings. The van der Waals surface area contributed by atoms with Crippen LogP contribution >= 0.6 is 0 Å². The molecule has 8 rings (SSSR count). The van der Waals surface area contributed by atoms with Crippen LogP contribution in [-0.2, 0) is 46.3 Å². The molecule has 0 aromatic heterocycles. The van der Waals surface area contributed by atoms with Crippen LogP contribution in [0, 0.1) is 11.6 Å². The molecule has 4 heterocycles. The third-order valence-corrected chi connectivity index (χ3v) is 13.7. The number of carbonyl (C=O) groups excluding carboxylic acids is 7. The molecule has 426 valence electrons. The first kappa shape index (κ1) is 60.2. The van der Waals surface area contributed by atoms with Gasteiger partial charge >= 0.3 is 12.2 Å². The lowest BCUT2D eigenvalue weighted by Gasteiger charge is -2.36. The molecule has 0 radical (unpaired) electrons. The van der Waals surface area contributed by atoms with Gasteiger partial charge in [-0.15, -0.1) is 0 Å². The summed E-state index contributed by atoms with van der Waals surface area (Å²) in [6.45, 7) is 8.12. The summed E-state index contributed by atoms with van der Waals surface area (Å²) in [6.07, 6.45) is 1.84. The molecule has 4 aliphatic heterocycles. The van der Waals surface area contributed by atoms with Gasteiger partial charge < -0.3 is 55.7 Å². The third-order valence-electron chi connectivity index (χ3n) is 13.7. The number of ether oxygens (including phenoxy) is 2. The minimum Gasteiger partial charge on any atom is -0.442 e. The fourth-order valence-electron chi connectivity index (χ4n) is 9.56. The Balaban J connectivity index is 0.000000255. The number of rotatable bonds is 19. The topological polar surface area (TPSA) is 223 Å². The second kappa shape index (κ2) is 28.6. The molecule has 4 aliphatic rings. The van der Waals surface area contributed by atoms with Crippen molar-refractivity contribution in [1.82, 2.24) is 25.3 Å². The summed E-state index contributed by atoms with van der Waals surface area (Å²) in [4.78, 5) is 96.0. The fraction of sp³-hybridized carbons (Fsp3) is 0.456. The quantitative estimate of drug-likeness (QED) is 0.0837. The average molecular weight is 1100 g/mol. The van der Waals surface area contributed by atoms with Gasteiger partial charge in [-0.05, 0) is 112 Å². The molecule has 0 aliphatic carbocycles. The number of aryl methyl sites for hydroxylation is 2. The van der Waals surface area contributed by atoms with E-state index in [1.54, 1.807) is 29.2 Å². The lowest BCUT2D eigenvalue weighted by Crippen LogP contribution is -2.49. The van der Waals surface area contributed by atoms with Crippen LogP contribution in [0.25, 0.3) is 0 Å². The van der Waals surface area contributed by atoms with E-state index in [-0.39, 0.29) is 63.1 Å². The van der Waals surface area contributed by atoms with E-state index >= 15 is 8.78 Å². The second-order valence-corrected chi connectivity index (χ2v) is 20.0. The Kier molecular flexibility index (Phi) is 21.8. The minimum atomic E-state index is -0.578. The SMILES string of the molecule is C.CC(=O)NC[C@H]1CN(c2ccc(N3CCN(C(=O)CCCc4ccc(N)cc4)CC3)c(F)c2)C(=O)O1.CC(=O)NC[C@H]1CN(c2ccc(N3CCN(C(=O)CCCc4ccc(NC(=O)CN(C)C)cc4)CC3)c(F)c2)C(=O)O1. The number of nitrogen functional groups attached to an aromatic ring is 1. The van der Waals surface area contributed by atoms with Crippen LogP contribution < -0.4 is 41.3 Å². The molecule has 7 amide bonds. The summed E-state index contributed by atoms with van der Waals surface area (Å²) in [6, 6.07) is 24.7. The molecule has 4 aromatic rings. The van der Waals surface area contributed by atoms with Gasteiger partial charge in [-0.3, -0.25) is 33.8 Å². The number of amides is 7. The normalized spacial score (nSPS) is 17.1. The van der Waals surface area contributed by atoms with Crippen LogP contribution in [0.4, 0.5) is 52.5 Å². The van der Waals surface area contributed by atoms with E-state index in [0.717, 1.165) is 41.8 Å². The molecule has 0 bridgehead atoms. The molecular formula is C57H75F2N11O9. The maximum Gasteiger partial charge on any atom is 0.414 e. The lowest BCUT2D eigenvalue weighted by molar-refractivity contribution is -0.132. The molecule has 79 heavy (non-hydrogen) atoms. The highest BCUT2D eigenvalue weighted by molar-refractivity contribution is 5.92. The molecule has 20 nitrogen and oxygen atoms in total. The predicted molar refractivity (Wildman–Crippen MR) is 300 cm³/mol. The second-order valence-electron chi connectivity index (χ2n) is 20.0. The van der Waals surface area contributed by atoms with Gasteiger partial charge in [0, 0.05) is 90.4 Å². The molecule has 0 spiro atoms. The van der Waals surface area contributed by atoms with E-state index in [9.17, 15) is 33.6 Å². The monoisotopic (exact) mass is 1100 g/mol. The average Bonchev–Trinajstić information content (AvgIpc) is 4.00. The summed E-state index contributed by atoms with van der Waals surface area (Å²) in [5.74, 6) is -1.18. The number of nitrogens with one attached hydrogen (secondary N) is 3. The van der Waals surface area contributed by atoms with Crippen LogP contribution in [0.15, 0.2) is 84.9 Å². The zero-order valence-electron chi connectivity index (χ0n) is 44.8. The summed E-state index contributed by atoms with van der Waals surface area (Å²) in [5.41, 5.74) is 11.1. The Bertz CT molecular complexity index is 2750. The number of carbonyl (C=O) groups is 7. The van der Waals surface area contributed by atoms with Crippen molar-refractivity contribution in [2.75, 3.05) is 130 Å². The summed E-state index contributed by atoms with van der Waals surface area (Å²) >= 11 is 0. The van der Waals surface area contributed by atoms with Crippen LogP contribution in [0.5, 0.6) is 0 Å². The van der Waals surface area contributed by atoms with E-state index < -0.39 is 36.0 Å². The first-order valence-corrected chi connectivity index (χ1v) is 26.4. The molecule has 2 atom stereocenters. The van der Waals surface area contributed by atoms with Crippen LogP contribution in [0.2, 0.25) is 0 Å². The van der Waals surface area contributed by atoms with Crippen molar-refractivity contribution in [1.29, 1.82) is 0 Å². The number of nitrogens with zero attached hydrogens (tertiary/aromatic N) is 7. The number of benzene rings is 4. The van der Waals surface area contributed by atoms with Crippen molar-refractivity contribution < 1.29 is 51.8 Å². The van der Waals surface area contributed by atoms with Gasteiger partial charge in [-0.1, -0.05) is 31.7 Å². The number of cyclic esters (lactones) is 2. The summed E-state index contributed by atoms with van der Waals surface area (Å²) < 4.78 is 40.6. The number of nitrogens with two attached hydrogens (primary N) is 1. The molecule has 0 saturated carbocycles. The molecule has 0 unspecified atom stereocenters. The fourth-order valence-corrected chi connectivity index (χ4v) is 9.56. The number of likely N-dealkylation sites (N-methyl/N-ethyl adjacent to an activating group) is 1. The maximum absolute atomic E-state index is 15.1. The van der Waals surface area contributed by atoms with Crippen LogP contribution in [-0.4, -0.2) is 168 Å². The molecule has 5 N–H and O–H groups in total. The molecule has 4 aromatic carbocycles. The number of hydrogen-bond donors (Lipinski definition) is 4. The smallest absolute Gasteiger partial charge is 0.414 e. The van der Waals surface area contributed by atoms with E-state index in [1.165, 1.54) is 35.8 Å². The van der Waals surface area contributed by atoms with Gasteiger partial charge in [-0.25, -0.2) is 18.4 Å². The lowest BCUT2D eigenvalue weighted by atomic mass is 10.1. The molecule has 22 heteroatoms. The van der Waals surface area contributed by atoms with Crippen molar-refractivity contribution in [3.63, 3.8) is 0 Å². The summed E-state index contributed by atoms with van der Waals surface area (Å²) in [5, 5.41) is 8.10. The number of halogens is 2. The molecule has 4 saturated heterocycles. The van der Waals surface area contributed by atoms with Gasteiger partial charge in [0.2, 0.25) is 29.5 Å². The maximum atomic E-state index is 15.1. The largest absolute Gasteiger partial charge is 0.442 e. The highest BCUT2D eigenvalue weighted by Crippen LogP contribution is 2.31. The van der Waals surface area contributed by atoms with Crippen molar-refractivity contribution >= 4 is 75.8 Å².